The molecule has 2 aliphatic heterocycles. The van der Waals surface area contributed by atoms with Gasteiger partial charge in [0.25, 0.3) is 0 Å². The highest BCUT2D eigenvalue weighted by Gasteiger charge is 2.49. The Morgan fingerprint density at radius 2 is 1.48 bits per heavy atom. The highest BCUT2D eigenvalue weighted by Crippen LogP contribution is 2.66. The van der Waals surface area contributed by atoms with Crippen LogP contribution in [0.3, 0.4) is 0 Å². The molecule has 0 radical (unpaired) electrons. The Balaban J connectivity index is 1.58. The molecule has 0 amide bonds. The van der Waals surface area contributed by atoms with Gasteiger partial charge in [-0.1, -0.05) is 54.6 Å². The highest BCUT2D eigenvalue weighted by atomic mass is 31.2. The summed E-state index contributed by atoms with van der Waals surface area (Å²) in [5, 5.41) is 0.726. The van der Waals surface area contributed by atoms with Crippen LogP contribution in [0, 0.1) is 0 Å². The Morgan fingerprint density at radius 1 is 0.818 bits per heavy atom. The number of rotatable bonds is 3. The first kappa shape index (κ1) is 20.0. The van der Waals surface area contributed by atoms with Crippen LogP contribution >= 0.6 is 7.37 Å². The van der Waals surface area contributed by atoms with Crippen LogP contribution in [0.4, 0.5) is 5.69 Å². The lowest BCUT2D eigenvalue weighted by Crippen LogP contribution is -2.40. The first-order chi connectivity index (χ1) is 16.2. The van der Waals surface area contributed by atoms with Crippen LogP contribution in [0.1, 0.15) is 11.3 Å². The molecule has 0 aliphatic carbocycles. The van der Waals surface area contributed by atoms with Crippen molar-refractivity contribution in [3.8, 4) is 28.4 Å². The fraction of sp³-hybridized carbons (Fsp3) is 0.111. The summed E-state index contributed by atoms with van der Waals surface area (Å²) in [6, 6.07) is 31.1. The Labute approximate surface area is 192 Å². The zero-order valence-electron chi connectivity index (χ0n) is 18.0. The van der Waals surface area contributed by atoms with Crippen molar-refractivity contribution in [1.82, 2.24) is 0 Å². The largest absolute Gasteiger partial charge is 0.497 e. The van der Waals surface area contributed by atoms with Crippen molar-refractivity contribution in [3.05, 3.63) is 103 Å². The number of anilines is 1. The molecule has 0 fully saturated rings. The number of benzene rings is 4. The molecule has 2 aliphatic rings. The fourth-order valence-electron chi connectivity index (χ4n) is 4.68. The third kappa shape index (κ3) is 3.12. The summed E-state index contributed by atoms with van der Waals surface area (Å²) in [4.78, 5) is 2.02. The summed E-state index contributed by atoms with van der Waals surface area (Å²) < 4.78 is 33.0. The Morgan fingerprint density at radius 3 is 2.27 bits per heavy atom. The second kappa shape index (κ2) is 7.72. The number of hydrogen-bond donors (Lipinski definition) is 0. The molecule has 0 aromatic heterocycles. The molecule has 0 saturated carbocycles. The van der Waals surface area contributed by atoms with Gasteiger partial charge < -0.3 is 18.9 Å². The van der Waals surface area contributed by atoms with Crippen LogP contribution in [-0.2, 0) is 4.57 Å². The number of para-hydroxylation sites is 2. The molecule has 0 N–H and O–H groups in total. The van der Waals surface area contributed by atoms with Crippen molar-refractivity contribution in [3.63, 3.8) is 0 Å². The second-order valence-electron chi connectivity index (χ2n) is 8.05. The molecular formula is C27H22NO4P. The number of hydrogen-bond acceptors (Lipinski definition) is 5. The van der Waals surface area contributed by atoms with Crippen molar-refractivity contribution in [2.75, 3.05) is 18.7 Å². The molecule has 5 nitrogen and oxygen atoms in total. The van der Waals surface area contributed by atoms with Gasteiger partial charge in [-0.25, -0.2) is 0 Å². The zero-order valence-corrected chi connectivity index (χ0v) is 18.9. The molecular weight excluding hydrogens is 433 g/mol. The van der Waals surface area contributed by atoms with E-state index in [1.54, 1.807) is 7.11 Å². The Kier molecular flexibility index (Phi) is 4.67. The minimum Gasteiger partial charge on any atom is -0.497 e. The van der Waals surface area contributed by atoms with E-state index in [9.17, 15) is 0 Å². The van der Waals surface area contributed by atoms with Crippen LogP contribution in [0.15, 0.2) is 97.1 Å². The van der Waals surface area contributed by atoms with Gasteiger partial charge in [-0.15, -0.1) is 0 Å². The van der Waals surface area contributed by atoms with E-state index >= 15 is 4.57 Å². The van der Waals surface area contributed by atoms with Gasteiger partial charge in [0, 0.05) is 16.8 Å². The average molecular weight is 455 g/mol. The molecule has 164 valence electrons. The maximum atomic E-state index is 15.1. The molecule has 6 rings (SSSR count). The summed E-state index contributed by atoms with van der Waals surface area (Å²) in [5.41, 5.74) is 3.62. The molecule has 4 aromatic rings. The van der Waals surface area contributed by atoms with E-state index < -0.39 is 13.2 Å². The van der Waals surface area contributed by atoms with Gasteiger partial charge in [-0.2, -0.15) is 0 Å². The minimum absolute atomic E-state index is 0.255. The number of nitrogens with zero attached hydrogens (tertiary/aromatic N) is 1. The summed E-state index contributed by atoms with van der Waals surface area (Å²) in [6.45, 7) is 0.255. The standard InChI is InChI=1S/C27H22NO4P/c1-30-20-16-14-19(15-17-20)28-18-31-24-11-5-3-10-23(24)27(28)33(29)26-13-7-4-9-22(26)21-8-2-6-12-25(21)32-33/h2-17,27H,18H2,1H3. The third-order valence-electron chi connectivity index (χ3n) is 6.23. The van der Waals surface area contributed by atoms with Crippen molar-refractivity contribution >= 4 is 18.4 Å². The van der Waals surface area contributed by atoms with Crippen molar-refractivity contribution in [2.45, 2.75) is 5.78 Å². The van der Waals surface area contributed by atoms with Gasteiger partial charge in [0.2, 0.25) is 0 Å². The predicted octanol–water partition coefficient (Wildman–Crippen LogP) is 6.21. The van der Waals surface area contributed by atoms with Crippen LogP contribution in [0.25, 0.3) is 11.1 Å². The molecule has 4 aromatic carbocycles. The molecule has 0 spiro atoms. The van der Waals surface area contributed by atoms with Crippen LogP contribution in [-0.4, -0.2) is 13.8 Å². The quantitative estimate of drug-likeness (QED) is 0.344. The molecule has 33 heavy (non-hydrogen) atoms. The lowest BCUT2D eigenvalue weighted by atomic mass is 10.0. The van der Waals surface area contributed by atoms with Crippen LogP contribution in [0.2, 0.25) is 0 Å². The monoisotopic (exact) mass is 455 g/mol. The minimum atomic E-state index is -3.47. The maximum absolute atomic E-state index is 15.1. The molecule has 2 unspecified atom stereocenters. The van der Waals surface area contributed by atoms with Crippen molar-refractivity contribution in [2.24, 2.45) is 0 Å². The highest BCUT2D eigenvalue weighted by molar-refractivity contribution is 7.68. The number of fused-ring (bicyclic) bond motifs is 4. The van der Waals surface area contributed by atoms with Crippen LogP contribution in [0.5, 0.6) is 17.2 Å². The maximum Gasteiger partial charge on any atom is 0.304 e. The van der Waals surface area contributed by atoms with Gasteiger partial charge in [-0.05, 0) is 48.0 Å². The fourth-order valence-corrected chi connectivity index (χ4v) is 7.56. The Hall–Kier alpha value is -3.69. The van der Waals surface area contributed by atoms with E-state index in [4.69, 9.17) is 14.0 Å². The van der Waals surface area contributed by atoms with Crippen molar-refractivity contribution in [1.29, 1.82) is 0 Å². The molecule has 0 bridgehead atoms. The average Bonchev–Trinajstić information content (AvgIpc) is 2.88. The Bertz CT molecular complexity index is 1390. The molecule has 2 atom stereocenters. The SMILES string of the molecule is COc1ccc(N2COc3ccccc3C2P2(=O)Oc3ccccc3-c3ccccc32)cc1. The molecule has 6 heteroatoms. The van der Waals surface area contributed by atoms with E-state index in [-0.39, 0.29) is 6.73 Å². The number of methoxy groups -OCH3 is 1. The van der Waals surface area contributed by atoms with E-state index in [1.807, 2.05) is 102 Å². The first-order valence-corrected chi connectivity index (χ1v) is 12.5. The van der Waals surface area contributed by atoms with Gasteiger partial charge in [0.15, 0.2) is 12.5 Å². The van der Waals surface area contributed by atoms with Gasteiger partial charge in [-0.3, -0.25) is 4.57 Å². The smallest absolute Gasteiger partial charge is 0.304 e. The first-order valence-electron chi connectivity index (χ1n) is 10.8. The zero-order chi connectivity index (χ0) is 22.4. The van der Waals surface area contributed by atoms with E-state index in [1.165, 1.54) is 0 Å². The summed E-state index contributed by atoms with van der Waals surface area (Å²) in [6.07, 6.45) is 0. The molecule has 0 saturated heterocycles. The van der Waals surface area contributed by atoms with E-state index in [0.717, 1.165) is 39.2 Å². The topological polar surface area (TPSA) is 48.0 Å². The predicted molar refractivity (Wildman–Crippen MR) is 130 cm³/mol. The third-order valence-corrected chi connectivity index (χ3v) is 8.96. The van der Waals surface area contributed by atoms with Gasteiger partial charge in [0.05, 0.1) is 12.4 Å². The van der Waals surface area contributed by atoms with Crippen molar-refractivity contribution < 1.29 is 18.6 Å². The van der Waals surface area contributed by atoms with E-state index in [0.29, 0.717) is 5.75 Å². The summed E-state index contributed by atoms with van der Waals surface area (Å²) in [7, 11) is -1.83. The van der Waals surface area contributed by atoms with Crippen LogP contribution < -0.4 is 24.2 Å². The lowest BCUT2D eigenvalue weighted by molar-refractivity contribution is 0.281. The van der Waals surface area contributed by atoms with E-state index in [2.05, 4.69) is 0 Å². The number of ether oxygens (including phenoxy) is 2. The normalized spacial score (nSPS) is 20.5. The summed E-state index contributed by atoms with van der Waals surface area (Å²) in [5.74, 6) is 1.57. The lowest BCUT2D eigenvalue weighted by Gasteiger charge is -2.43. The van der Waals surface area contributed by atoms with Gasteiger partial charge in [0.1, 0.15) is 17.2 Å². The summed E-state index contributed by atoms with van der Waals surface area (Å²) >= 11 is 0. The second-order valence-corrected chi connectivity index (χ2v) is 10.4. The van der Waals surface area contributed by atoms with Gasteiger partial charge >= 0.3 is 7.37 Å². The molecule has 2 heterocycles.